The van der Waals surface area contributed by atoms with Crippen LogP contribution in [0.3, 0.4) is 0 Å². The summed E-state index contributed by atoms with van der Waals surface area (Å²) in [4.78, 5) is 27.3. The molecule has 0 aliphatic carbocycles. The van der Waals surface area contributed by atoms with Crippen molar-refractivity contribution in [2.75, 3.05) is 25.5 Å². The van der Waals surface area contributed by atoms with Crippen LogP contribution in [0.15, 0.2) is 60.3 Å². The van der Waals surface area contributed by atoms with Crippen LogP contribution in [-0.2, 0) is 4.79 Å². The first-order valence-corrected chi connectivity index (χ1v) is 10.1. The van der Waals surface area contributed by atoms with Crippen molar-refractivity contribution in [3.05, 3.63) is 71.4 Å². The van der Waals surface area contributed by atoms with Crippen LogP contribution < -0.4 is 15.5 Å². The number of nitrogens with zero attached hydrogens (tertiary/aromatic N) is 1. The Hall–Kier alpha value is -3.08. The lowest BCUT2D eigenvalue weighted by Crippen LogP contribution is -2.35. The highest BCUT2D eigenvalue weighted by Gasteiger charge is 2.14. The van der Waals surface area contributed by atoms with Crippen molar-refractivity contribution in [1.29, 1.82) is 0 Å². The summed E-state index contributed by atoms with van der Waals surface area (Å²) < 4.78 is 0. The number of anilines is 1. The van der Waals surface area contributed by atoms with E-state index in [0.717, 1.165) is 36.9 Å². The summed E-state index contributed by atoms with van der Waals surface area (Å²) in [5, 5.41) is 5.69. The minimum absolute atomic E-state index is 0.243. The molecule has 0 saturated carbocycles. The van der Waals surface area contributed by atoms with Crippen LogP contribution in [0.2, 0.25) is 0 Å². The highest BCUT2D eigenvalue weighted by atomic mass is 16.2. The highest BCUT2D eigenvalue weighted by Crippen LogP contribution is 2.14. The van der Waals surface area contributed by atoms with Gasteiger partial charge in [0.1, 0.15) is 5.70 Å². The van der Waals surface area contributed by atoms with E-state index < -0.39 is 0 Å². The van der Waals surface area contributed by atoms with Crippen molar-refractivity contribution in [3.8, 4) is 0 Å². The Labute approximate surface area is 173 Å². The molecule has 154 valence electrons. The van der Waals surface area contributed by atoms with Crippen molar-refractivity contribution in [2.45, 2.75) is 32.6 Å². The second-order valence-electron chi connectivity index (χ2n) is 7.18. The Morgan fingerprint density at radius 3 is 2.24 bits per heavy atom. The van der Waals surface area contributed by atoms with Gasteiger partial charge in [0.2, 0.25) is 0 Å². The first kappa shape index (κ1) is 22.2. The van der Waals surface area contributed by atoms with Gasteiger partial charge in [-0.3, -0.25) is 9.59 Å². The first-order chi connectivity index (χ1) is 14.0. The summed E-state index contributed by atoms with van der Waals surface area (Å²) in [5.41, 5.74) is 2.67. The summed E-state index contributed by atoms with van der Waals surface area (Å²) >= 11 is 0. The molecule has 0 fully saturated rings. The number of amides is 2. The van der Waals surface area contributed by atoms with Gasteiger partial charge in [-0.1, -0.05) is 56.5 Å². The summed E-state index contributed by atoms with van der Waals surface area (Å²) in [6, 6.07) is 16.7. The Kier molecular flexibility index (Phi) is 8.96. The fourth-order valence-corrected chi connectivity index (χ4v) is 2.83. The van der Waals surface area contributed by atoms with Crippen LogP contribution >= 0.6 is 0 Å². The zero-order chi connectivity index (χ0) is 21.1. The van der Waals surface area contributed by atoms with Crippen molar-refractivity contribution in [3.63, 3.8) is 0 Å². The summed E-state index contributed by atoms with van der Waals surface area (Å²) in [7, 11) is 3.95. The van der Waals surface area contributed by atoms with Crippen LogP contribution in [-0.4, -0.2) is 32.5 Å². The molecule has 2 N–H and O–H groups in total. The predicted molar refractivity (Wildman–Crippen MR) is 120 cm³/mol. The van der Waals surface area contributed by atoms with Crippen molar-refractivity contribution in [2.24, 2.45) is 0 Å². The van der Waals surface area contributed by atoms with E-state index in [2.05, 4.69) is 17.6 Å². The number of benzene rings is 2. The van der Waals surface area contributed by atoms with Gasteiger partial charge in [0.25, 0.3) is 11.8 Å². The van der Waals surface area contributed by atoms with Crippen LogP contribution in [0.1, 0.15) is 48.5 Å². The monoisotopic (exact) mass is 393 g/mol. The predicted octanol–water partition coefficient (Wildman–Crippen LogP) is 4.22. The average molecular weight is 394 g/mol. The molecule has 5 nitrogen and oxygen atoms in total. The first-order valence-electron chi connectivity index (χ1n) is 10.1. The van der Waals surface area contributed by atoms with Gasteiger partial charge < -0.3 is 15.5 Å². The topological polar surface area (TPSA) is 61.4 Å². The molecule has 0 atom stereocenters. The second kappa shape index (κ2) is 11.7. The van der Waals surface area contributed by atoms with E-state index in [9.17, 15) is 9.59 Å². The SMILES string of the molecule is CCCCCCNC(=O)/C(=C\c1ccc(N(C)C)cc1)NC(=O)c1ccccc1. The zero-order valence-electron chi connectivity index (χ0n) is 17.6. The zero-order valence-corrected chi connectivity index (χ0v) is 17.6. The molecule has 2 aromatic carbocycles. The highest BCUT2D eigenvalue weighted by molar-refractivity contribution is 6.05. The van der Waals surface area contributed by atoms with E-state index >= 15 is 0 Å². The smallest absolute Gasteiger partial charge is 0.267 e. The molecule has 0 bridgehead atoms. The molecule has 2 amide bonds. The molecular weight excluding hydrogens is 362 g/mol. The van der Waals surface area contributed by atoms with E-state index in [1.54, 1.807) is 30.3 Å². The van der Waals surface area contributed by atoms with E-state index in [1.165, 1.54) is 0 Å². The number of nitrogens with one attached hydrogen (secondary N) is 2. The third-order valence-corrected chi connectivity index (χ3v) is 4.57. The maximum absolute atomic E-state index is 12.7. The van der Waals surface area contributed by atoms with Crippen molar-refractivity contribution < 1.29 is 9.59 Å². The molecule has 2 rings (SSSR count). The summed E-state index contributed by atoms with van der Waals surface area (Å²) in [5.74, 6) is -0.578. The number of rotatable bonds is 10. The quantitative estimate of drug-likeness (QED) is 0.469. The Balaban J connectivity index is 2.15. The lowest BCUT2D eigenvalue weighted by atomic mass is 10.1. The molecule has 0 heterocycles. The van der Waals surface area contributed by atoms with Crippen LogP contribution in [0, 0.1) is 0 Å². The molecule has 0 aliphatic rings. The molecule has 2 aromatic rings. The second-order valence-corrected chi connectivity index (χ2v) is 7.18. The molecular formula is C24H31N3O2. The third kappa shape index (κ3) is 7.45. The number of unbranched alkanes of at least 4 members (excludes halogenated alkanes) is 3. The summed E-state index contributed by atoms with van der Waals surface area (Å²) in [6.45, 7) is 2.75. The van der Waals surface area contributed by atoms with Gasteiger partial charge in [-0.05, 0) is 42.3 Å². The molecule has 0 radical (unpaired) electrons. The van der Waals surface area contributed by atoms with E-state index in [1.807, 2.05) is 49.3 Å². The number of carbonyl (C=O) groups excluding carboxylic acids is 2. The average Bonchev–Trinajstić information content (AvgIpc) is 2.74. The molecule has 0 saturated heterocycles. The maximum atomic E-state index is 12.7. The van der Waals surface area contributed by atoms with Crippen LogP contribution in [0.4, 0.5) is 5.69 Å². The van der Waals surface area contributed by atoms with Crippen LogP contribution in [0.25, 0.3) is 6.08 Å². The van der Waals surface area contributed by atoms with E-state index in [-0.39, 0.29) is 17.5 Å². The minimum atomic E-state index is -0.303. The fourth-order valence-electron chi connectivity index (χ4n) is 2.83. The van der Waals surface area contributed by atoms with Gasteiger partial charge in [-0.25, -0.2) is 0 Å². The molecule has 0 aliphatic heterocycles. The third-order valence-electron chi connectivity index (χ3n) is 4.57. The normalized spacial score (nSPS) is 11.1. The van der Waals surface area contributed by atoms with Gasteiger partial charge in [0, 0.05) is 31.9 Å². The van der Waals surface area contributed by atoms with Gasteiger partial charge in [0.05, 0.1) is 0 Å². The molecule has 0 unspecified atom stereocenters. The minimum Gasteiger partial charge on any atom is -0.378 e. The van der Waals surface area contributed by atoms with Gasteiger partial charge in [0.15, 0.2) is 0 Å². The molecule has 29 heavy (non-hydrogen) atoms. The van der Waals surface area contributed by atoms with Crippen molar-refractivity contribution >= 4 is 23.6 Å². The molecule has 0 aromatic heterocycles. The van der Waals surface area contributed by atoms with E-state index in [0.29, 0.717) is 12.1 Å². The standard InChI is InChI=1S/C24H31N3O2/c1-4-5-6-10-17-25-24(29)22(26-23(28)20-11-8-7-9-12-20)18-19-13-15-21(16-14-19)27(2)3/h7-9,11-16,18H,4-6,10,17H2,1-3H3,(H,25,29)(H,26,28)/b22-18+. The molecule has 5 heteroatoms. The number of carbonyl (C=O) groups is 2. The number of hydrogen-bond donors (Lipinski definition) is 2. The summed E-state index contributed by atoms with van der Waals surface area (Å²) in [6.07, 6.45) is 6.02. The van der Waals surface area contributed by atoms with Gasteiger partial charge >= 0.3 is 0 Å². The maximum Gasteiger partial charge on any atom is 0.267 e. The Bertz CT molecular complexity index is 812. The van der Waals surface area contributed by atoms with E-state index in [4.69, 9.17) is 0 Å². The lowest BCUT2D eigenvalue weighted by molar-refractivity contribution is -0.117. The fraction of sp³-hybridized carbons (Fsp3) is 0.333. The number of hydrogen-bond acceptors (Lipinski definition) is 3. The van der Waals surface area contributed by atoms with Gasteiger partial charge in [-0.2, -0.15) is 0 Å². The Morgan fingerprint density at radius 1 is 0.931 bits per heavy atom. The Morgan fingerprint density at radius 2 is 1.62 bits per heavy atom. The van der Waals surface area contributed by atoms with Crippen LogP contribution in [0.5, 0.6) is 0 Å². The van der Waals surface area contributed by atoms with Gasteiger partial charge in [-0.15, -0.1) is 0 Å². The van der Waals surface area contributed by atoms with Crippen molar-refractivity contribution in [1.82, 2.24) is 10.6 Å². The lowest BCUT2D eigenvalue weighted by Gasteiger charge is -2.13. The largest absolute Gasteiger partial charge is 0.378 e. The molecule has 0 spiro atoms.